The fourth-order valence-corrected chi connectivity index (χ4v) is 4.45. The summed E-state index contributed by atoms with van der Waals surface area (Å²) in [5.74, 6) is 1.83. The van der Waals surface area contributed by atoms with Crippen LogP contribution < -0.4 is 0 Å². The Morgan fingerprint density at radius 3 is 2.27 bits per heavy atom. The Hall–Kier alpha value is -3.16. The van der Waals surface area contributed by atoms with E-state index in [4.69, 9.17) is 13.8 Å². The number of thioether (sulfide) groups is 1. The molecule has 0 bridgehead atoms. The summed E-state index contributed by atoms with van der Waals surface area (Å²) < 4.78 is 12.1. The van der Waals surface area contributed by atoms with Crippen molar-refractivity contribution in [1.29, 1.82) is 0 Å². The highest BCUT2D eigenvalue weighted by atomic mass is 32.2. The van der Waals surface area contributed by atoms with E-state index in [1.165, 1.54) is 11.8 Å². The lowest BCUT2D eigenvalue weighted by Crippen LogP contribution is -1.88. The quantitative estimate of drug-likeness (QED) is 0.270. The molecule has 0 fully saturated rings. The molecule has 0 unspecified atom stereocenters. The summed E-state index contributed by atoms with van der Waals surface area (Å²) in [6.45, 7) is 2.00. The van der Waals surface area contributed by atoms with Crippen molar-refractivity contribution in [2.45, 2.75) is 17.4 Å². The molecular weight excluding hydrogens is 414 g/mol. The zero-order valence-corrected chi connectivity index (χ0v) is 17.7. The highest BCUT2D eigenvalue weighted by Gasteiger charge is 2.22. The molecule has 1 atom stereocenters. The van der Waals surface area contributed by atoms with Crippen LogP contribution in [-0.4, -0.2) is 15.2 Å². The van der Waals surface area contributed by atoms with Crippen molar-refractivity contribution < 1.29 is 8.83 Å². The number of hydrogen-bond donors (Lipinski definition) is 0. The van der Waals surface area contributed by atoms with Gasteiger partial charge in [0.2, 0.25) is 5.89 Å². The van der Waals surface area contributed by atoms with Crippen molar-refractivity contribution in [3.8, 4) is 33.3 Å². The lowest BCUT2D eigenvalue weighted by Gasteiger charge is -2.02. The summed E-state index contributed by atoms with van der Waals surface area (Å²) in [6.07, 6.45) is 0. The lowest BCUT2D eigenvalue weighted by molar-refractivity contribution is 0.461. The van der Waals surface area contributed by atoms with E-state index in [0.717, 1.165) is 27.5 Å². The van der Waals surface area contributed by atoms with Crippen molar-refractivity contribution >= 4 is 23.1 Å². The van der Waals surface area contributed by atoms with E-state index in [0.29, 0.717) is 17.0 Å². The topological polar surface area (TPSA) is 65.0 Å². The van der Waals surface area contributed by atoms with Crippen LogP contribution in [0.5, 0.6) is 0 Å². The van der Waals surface area contributed by atoms with Gasteiger partial charge < -0.3 is 8.83 Å². The predicted octanol–water partition coefficient (Wildman–Crippen LogP) is 6.97. The van der Waals surface area contributed by atoms with Crippen molar-refractivity contribution in [3.05, 3.63) is 84.1 Å². The normalized spacial score (nSPS) is 12.2. The number of rotatable bonds is 6. The maximum atomic E-state index is 6.19. The summed E-state index contributed by atoms with van der Waals surface area (Å²) in [5.41, 5.74) is 2.82. The Kier molecular flexibility index (Phi) is 5.21. The zero-order valence-electron chi connectivity index (χ0n) is 16.1. The Labute approximate surface area is 181 Å². The van der Waals surface area contributed by atoms with E-state index >= 15 is 0 Å². The summed E-state index contributed by atoms with van der Waals surface area (Å²) in [6, 6.07) is 24.0. The van der Waals surface area contributed by atoms with Gasteiger partial charge in [0, 0.05) is 11.1 Å². The van der Waals surface area contributed by atoms with Crippen LogP contribution in [0, 0.1) is 0 Å². The second-order valence-corrected chi connectivity index (χ2v) is 8.81. The van der Waals surface area contributed by atoms with E-state index in [1.807, 2.05) is 85.1 Å². The summed E-state index contributed by atoms with van der Waals surface area (Å²) >= 11 is 3.03. The monoisotopic (exact) mass is 431 g/mol. The van der Waals surface area contributed by atoms with Crippen LogP contribution in [0.15, 0.2) is 92.2 Å². The second-order valence-electron chi connectivity index (χ2n) is 6.57. The van der Waals surface area contributed by atoms with E-state index in [9.17, 15) is 0 Å². The fraction of sp³-hybridized carbons (Fsp3) is 0.0870. The molecule has 0 N–H and O–H groups in total. The third-order valence-electron chi connectivity index (χ3n) is 4.49. The van der Waals surface area contributed by atoms with Crippen molar-refractivity contribution in [3.63, 3.8) is 0 Å². The number of aromatic nitrogens is 3. The number of hydrogen-bond acceptors (Lipinski definition) is 7. The van der Waals surface area contributed by atoms with Gasteiger partial charge in [0.05, 0.1) is 10.1 Å². The summed E-state index contributed by atoms with van der Waals surface area (Å²) in [4.78, 5) is 5.75. The Morgan fingerprint density at radius 2 is 1.57 bits per heavy atom. The molecule has 5 nitrogen and oxygen atoms in total. The van der Waals surface area contributed by atoms with Gasteiger partial charge in [-0.2, -0.15) is 0 Å². The average molecular weight is 432 g/mol. The van der Waals surface area contributed by atoms with Gasteiger partial charge in [0.25, 0.3) is 11.1 Å². The zero-order chi connectivity index (χ0) is 20.3. The maximum absolute atomic E-state index is 6.19. The molecule has 0 aliphatic rings. The first-order valence-electron chi connectivity index (χ1n) is 9.43. The third kappa shape index (κ3) is 3.81. The van der Waals surface area contributed by atoms with Gasteiger partial charge in [-0.15, -0.1) is 21.5 Å². The van der Waals surface area contributed by atoms with Gasteiger partial charge in [-0.1, -0.05) is 78.5 Å². The molecule has 0 spiro atoms. The molecule has 30 heavy (non-hydrogen) atoms. The molecule has 148 valence electrons. The molecule has 2 aromatic carbocycles. The molecule has 7 heteroatoms. The van der Waals surface area contributed by atoms with Crippen LogP contribution >= 0.6 is 23.1 Å². The molecule has 0 saturated carbocycles. The van der Waals surface area contributed by atoms with E-state index in [2.05, 4.69) is 10.2 Å². The first-order chi connectivity index (χ1) is 14.8. The van der Waals surface area contributed by atoms with Gasteiger partial charge >= 0.3 is 0 Å². The minimum absolute atomic E-state index is 0.0999. The molecule has 5 rings (SSSR count). The molecule has 0 amide bonds. The highest BCUT2D eigenvalue weighted by molar-refractivity contribution is 7.99. The van der Waals surface area contributed by atoms with Crippen LogP contribution in [0.1, 0.15) is 18.1 Å². The molecular formula is C23H17N3O2S2. The molecule has 0 radical (unpaired) electrons. The summed E-state index contributed by atoms with van der Waals surface area (Å²) in [7, 11) is 0. The standard InChI is InChI=1S/C23H17N3O2S2/c1-15(21-25-26-22(28-21)18-13-8-14-29-18)30-23-24-19(16-9-4-2-5-10-16)20(27-23)17-11-6-3-7-12-17/h2-15H,1H3/t15-/m0/s1. The average Bonchev–Trinajstić information content (AvgIpc) is 3.55. The van der Waals surface area contributed by atoms with Gasteiger partial charge in [0.1, 0.15) is 5.69 Å². The van der Waals surface area contributed by atoms with Crippen LogP contribution in [0.4, 0.5) is 0 Å². The maximum Gasteiger partial charge on any atom is 0.257 e. The second kappa shape index (κ2) is 8.30. The number of thiophene rings is 1. The number of oxazole rings is 1. The lowest BCUT2D eigenvalue weighted by atomic mass is 10.1. The van der Waals surface area contributed by atoms with Gasteiger partial charge in [-0.3, -0.25) is 0 Å². The van der Waals surface area contributed by atoms with Crippen molar-refractivity contribution in [2.24, 2.45) is 0 Å². The first kappa shape index (κ1) is 18.8. The fourth-order valence-electron chi connectivity index (χ4n) is 3.03. The highest BCUT2D eigenvalue weighted by Crippen LogP contribution is 2.40. The summed E-state index contributed by atoms with van der Waals surface area (Å²) in [5, 5.41) is 10.8. The Morgan fingerprint density at radius 1 is 0.833 bits per heavy atom. The van der Waals surface area contributed by atoms with Crippen molar-refractivity contribution in [1.82, 2.24) is 15.2 Å². The van der Waals surface area contributed by atoms with E-state index < -0.39 is 0 Å². The predicted molar refractivity (Wildman–Crippen MR) is 119 cm³/mol. The van der Waals surface area contributed by atoms with Crippen LogP contribution in [0.2, 0.25) is 0 Å². The van der Waals surface area contributed by atoms with Crippen molar-refractivity contribution in [2.75, 3.05) is 0 Å². The molecule has 0 saturated heterocycles. The van der Waals surface area contributed by atoms with E-state index in [-0.39, 0.29) is 5.25 Å². The molecule has 0 aliphatic carbocycles. The van der Waals surface area contributed by atoms with E-state index in [1.54, 1.807) is 11.3 Å². The minimum Gasteiger partial charge on any atom is -0.431 e. The largest absolute Gasteiger partial charge is 0.431 e. The van der Waals surface area contributed by atoms with Crippen LogP contribution in [0.25, 0.3) is 33.3 Å². The Balaban J connectivity index is 1.45. The minimum atomic E-state index is -0.0999. The van der Waals surface area contributed by atoms with Gasteiger partial charge in [-0.25, -0.2) is 4.98 Å². The molecule has 5 aromatic rings. The van der Waals surface area contributed by atoms with Crippen LogP contribution in [0.3, 0.4) is 0 Å². The first-order valence-corrected chi connectivity index (χ1v) is 11.2. The molecule has 0 aliphatic heterocycles. The third-order valence-corrected chi connectivity index (χ3v) is 6.28. The Bertz CT molecular complexity index is 1180. The molecule has 3 aromatic heterocycles. The smallest absolute Gasteiger partial charge is 0.257 e. The number of benzene rings is 2. The number of nitrogens with zero attached hydrogens (tertiary/aromatic N) is 3. The van der Waals surface area contributed by atoms with Gasteiger partial charge in [-0.05, 0) is 18.4 Å². The van der Waals surface area contributed by atoms with Crippen LogP contribution in [-0.2, 0) is 0 Å². The molecule has 3 heterocycles. The SMILES string of the molecule is C[C@H](Sc1nc(-c2ccccc2)c(-c2ccccc2)o1)c1nnc(-c2cccs2)o1. The van der Waals surface area contributed by atoms with Gasteiger partial charge in [0.15, 0.2) is 5.76 Å².